The maximum atomic E-state index is 14.9. The SMILES string of the molecule is CNCCNC(=O)c1ccc(N2CCN(CCn3cnc4c3nc(N)n3nc(-c5ccco5)cc43)CC2)c(F)c1. The van der Waals surface area contributed by atoms with Gasteiger partial charge in [-0.1, -0.05) is 0 Å². The third-order valence-electron chi connectivity index (χ3n) is 7.21. The third-order valence-corrected chi connectivity index (χ3v) is 7.21. The van der Waals surface area contributed by atoms with Gasteiger partial charge in [0.15, 0.2) is 11.4 Å². The van der Waals surface area contributed by atoms with E-state index in [9.17, 15) is 9.18 Å². The van der Waals surface area contributed by atoms with Crippen molar-refractivity contribution >= 4 is 34.2 Å². The fourth-order valence-electron chi connectivity index (χ4n) is 5.03. The van der Waals surface area contributed by atoms with Crippen LogP contribution in [0.1, 0.15) is 10.4 Å². The number of halogens is 1. The Kier molecular flexibility index (Phi) is 7.05. The summed E-state index contributed by atoms with van der Waals surface area (Å²) < 4.78 is 24.0. The molecule has 1 aromatic carbocycles. The first-order valence-corrected chi connectivity index (χ1v) is 13.3. The second kappa shape index (κ2) is 10.9. The lowest BCUT2D eigenvalue weighted by molar-refractivity contribution is 0.0953. The number of aromatic nitrogens is 5. The van der Waals surface area contributed by atoms with Gasteiger partial charge in [-0.05, 0) is 43.4 Å². The molecule has 1 aliphatic heterocycles. The van der Waals surface area contributed by atoms with E-state index in [2.05, 4.69) is 30.6 Å². The van der Waals surface area contributed by atoms with E-state index in [1.165, 1.54) is 6.07 Å². The number of anilines is 2. The number of fused-ring (bicyclic) bond motifs is 3. The van der Waals surface area contributed by atoms with E-state index in [0.29, 0.717) is 61.1 Å². The molecule has 1 fully saturated rings. The van der Waals surface area contributed by atoms with Crippen molar-refractivity contribution in [3.8, 4) is 11.5 Å². The van der Waals surface area contributed by atoms with Crippen LogP contribution in [0.3, 0.4) is 0 Å². The average molecular weight is 547 g/mol. The van der Waals surface area contributed by atoms with Gasteiger partial charge in [0.05, 0.1) is 18.3 Å². The summed E-state index contributed by atoms with van der Waals surface area (Å²) in [5.74, 6) is 0.265. The highest BCUT2D eigenvalue weighted by Crippen LogP contribution is 2.26. The van der Waals surface area contributed by atoms with E-state index in [4.69, 9.17) is 10.2 Å². The monoisotopic (exact) mass is 546 g/mol. The number of piperazine rings is 1. The number of nitrogens with two attached hydrogens (primary N) is 1. The van der Waals surface area contributed by atoms with Crippen molar-refractivity contribution in [3.05, 3.63) is 60.4 Å². The Balaban J connectivity index is 1.08. The summed E-state index contributed by atoms with van der Waals surface area (Å²) >= 11 is 0. The Hall–Kier alpha value is -4.49. The van der Waals surface area contributed by atoms with Crippen LogP contribution in [-0.2, 0) is 6.54 Å². The van der Waals surface area contributed by atoms with Gasteiger partial charge in [-0.25, -0.2) is 9.37 Å². The Morgan fingerprint density at radius 2 is 1.98 bits per heavy atom. The van der Waals surface area contributed by atoms with Crippen LogP contribution >= 0.6 is 0 Å². The molecule has 0 aliphatic carbocycles. The zero-order chi connectivity index (χ0) is 27.6. The number of rotatable bonds is 9. The van der Waals surface area contributed by atoms with Crippen molar-refractivity contribution in [2.24, 2.45) is 0 Å². The molecule has 40 heavy (non-hydrogen) atoms. The van der Waals surface area contributed by atoms with Gasteiger partial charge >= 0.3 is 0 Å². The van der Waals surface area contributed by atoms with Crippen LogP contribution < -0.4 is 21.3 Å². The molecule has 1 saturated heterocycles. The second-order valence-corrected chi connectivity index (χ2v) is 9.74. The lowest BCUT2D eigenvalue weighted by atomic mass is 10.1. The van der Waals surface area contributed by atoms with Gasteiger partial charge in [0.2, 0.25) is 5.95 Å². The number of hydrogen-bond donors (Lipinski definition) is 3. The molecule has 0 radical (unpaired) electrons. The molecule has 0 saturated carbocycles. The van der Waals surface area contributed by atoms with Gasteiger partial charge < -0.3 is 30.3 Å². The summed E-state index contributed by atoms with van der Waals surface area (Å²) in [4.78, 5) is 25.8. The number of nitrogens with zero attached hydrogens (tertiary/aromatic N) is 7. The van der Waals surface area contributed by atoms with Crippen LogP contribution in [0.25, 0.3) is 28.1 Å². The van der Waals surface area contributed by atoms with Crippen LogP contribution in [0, 0.1) is 5.82 Å². The zero-order valence-corrected chi connectivity index (χ0v) is 22.2. The molecule has 1 aliphatic rings. The summed E-state index contributed by atoms with van der Waals surface area (Å²) in [7, 11) is 1.81. The number of furan rings is 1. The molecule has 5 heterocycles. The van der Waals surface area contributed by atoms with E-state index in [1.807, 2.05) is 34.7 Å². The molecule has 12 nitrogen and oxygen atoms in total. The van der Waals surface area contributed by atoms with E-state index < -0.39 is 0 Å². The maximum Gasteiger partial charge on any atom is 0.251 e. The second-order valence-electron chi connectivity index (χ2n) is 9.74. The van der Waals surface area contributed by atoms with E-state index in [1.54, 1.807) is 29.2 Å². The molecular weight excluding hydrogens is 515 g/mol. The molecule has 0 spiro atoms. The minimum atomic E-state index is -0.385. The van der Waals surface area contributed by atoms with Crippen molar-refractivity contribution < 1.29 is 13.6 Å². The van der Waals surface area contributed by atoms with Gasteiger partial charge in [-0.3, -0.25) is 9.69 Å². The number of imidazole rings is 1. The standard InChI is InChI=1S/C27H31FN10O2/c1-30-6-7-31-26(39)18-4-5-21(19(28)15-18)36-11-8-35(9-12-36)10-13-37-17-32-24-22-16-20(23-3-2-14-40-23)34-38(22)27(29)33-25(24)37/h2-5,14-17,30H,6-13H2,1H3,(H2,29,33)(H,31,39). The molecule has 6 rings (SSSR count). The van der Waals surface area contributed by atoms with Crippen molar-refractivity contribution in [2.45, 2.75) is 6.54 Å². The molecule has 4 N–H and O–H groups in total. The maximum absolute atomic E-state index is 14.9. The van der Waals surface area contributed by atoms with Gasteiger partial charge in [0.1, 0.15) is 22.5 Å². The number of hydrogen-bond acceptors (Lipinski definition) is 9. The van der Waals surface area contributed by atoms with Crippen LogP contribution in [0.4, 0.5) is 16.0 Å². The number of carbonyl (C=O) groups is 1. The van der Waals surface area contributed by atoms with Crippen molar-refractivity contribution in [1.82, 2.24) is 39.7 Å². The Morgan fingerprint density at radius 3 is 2.73 bits per heavy atom. The predicted molar refractivity (Wildman–Crippen MR) is 150 cm³/mol. The Morgan fingerprint density at radius 1 is 1.12 bits per heavy atom. The Labute approximate surface area is 229 Å². The molecule has 208 valence electrons. The first-order valence-electron chi connectivity index (χ1n) is 13.3. The summed E-state index contributed by atoms with van der Waals surface area (Å²) in [6.45, 7) is 5.56. The molecule has 0 atom stereocenters. The van der Waals surface area contributed by atoms with Gasteiger partial charge in [0, 0.05) is 57.9 Å². The first kappa shape index (κ1) is 25.8. The predicted octanol–water partition coefficient (Wildman–Crippen LogP) is 1.83. The highest BCUT2D eigenvalue weighted by molar-refractivity contribution is 5.94. The largest absolute Gasteiger partial charge is 0.463 e. The summed E-state index contributed by atoms with van der Waals surface area (Å²) in [6.07, 6.45) is 3.38. The quantitative estimate of drug-likeness (QED) is 0.237. The molecule has 13 heteroatoms. The number of nitrogen functional groups attached to an aromatic ring is 1. The van der Waals surface area contributed by atoms with Crippen LogP contribution in [0.15, 0.2) is 53.4 Å². The van der Waals surface area contributed by atoms with E-state index in [0.717, 1.165) is 30.7 Å². The van der Waals surface area contributed by atoms with Crippen LogP contribution in [-0.4, -0.2) is 87.8 Å². The van der Waals surface area contributed by atoms with Gasteiger partial charge in [-0.2, -0.15) is 14.6 Å². The highest BCUT2D eigenvalue weighted by Gasteiger charge is 2.21. The fourth-order valence-corrected chi connectivity index (χ4v) is 5.03. The topological polar surface area (TPSA) is 135 Å². The first-order chi connectivity index (χ1) is 19.5. The minimum absolute atomic E-state index is 0.277. The van der Waals surface area contributed by atoms with E-state index >= 15 is 0 Å². The lowest BCUT2D eigenvalue weighted by Crippen LogP contribution is -2.47. The third kappa shape index (κ3) is 4.96. The lowest BCUT2D eigenvalue weighted by Gasteiger charge is -2.36. The molecule has 0 bridgehead atoms. The molecule has 5 aromatic rings. The molecule has 0 unspecified atom stereocenters. The van der Waals surface area contributed by atoms with Crippen LogP contribution in [0.5, 0.6) is 0 Å². The summed E-state index contributed by atoms with van der Waals surface area (Å²) in [5, 5.41) is 10.3. The van der Waals surface area contributed by atoms with Gasteiger partial charge in [0.25, 0.3) is 5.91 Å². The number of amides is 1. The Bertz CT molecular complexity index is 1640. The zero-order valence-electron chi connectivity index (χ0n) is 22.2. The van der Waals surface area contributed by atoms with Gasteiger partial charge in [-0.15, -0.1) is 0 Å². The van der Waals surface area contributed by atoms with Crippen molar-refractivity contribution in [2.75, 3.05) is 63.5 Å². The number of likely N-dealkylation sites (N-methyl/N-ethyl adjacent to an activating group) is 1. The molecule has 4 aromatic heterocycles. The van der Waals surface area contributed by atoms with Crippen LogP contribution in [0.2, 0.25) is 0 Å². The van der Waals surface area contributed by atoms with Crippen molar-refractivity contribution in [1.29, 1.82) is 0 Å². The number of nitrogens with one attached hydrogen (secondary N) is 2. The number of benzene rings is 1. The molecular formula is C27H31FN10O2. The minimum Gasteiger partial charge on any atom is -0.463 e. The van der Waals surface area contributed by atoms with E-state index in [-0.39, 0.29) is 17.7 Å². The summed E-state index contributed by atoms with van der Waals surface area (Å²) in [5.41, 5.74) is 9.93. The molecule has 1 amide bonds. The fraction of sp³-hybridized carbons (Fsp3) is 0.333. The number of carbonyl (C=O) groups excluding carboxylic acids is 1. The highest BCUT2D eigenvalue weighted by atomic mass is 19.1. The normalized spacial score (nSPS) is 14.4. The van der Waals surface area contributed by atoms with Crippen molar-refractivity contribution in [3.63, 3.8) is 0 Å². The summed E-state index contributed by atoms with van der Waals surface area (Å²) in [6, 6.07) is 10.2. The average Bonchev–Trinajstić information content (AvgIpc) is 3.72. The smallest absolute Gasteiger partial charge is 0.251 e.